The van der Waals surface area contributed by atoms with Gasteiger partial charge in [0.15, 0.2) is 0 Å². The van der Waals surface area contributed by atoms with Gasteiger partial charge in [0.1, 0.15) is 0 Å². The molecule has 1 aromatic heterocycles. The van der Waals surface area contributed by atoms with Crippen LogP contribution in [-0.4, -0.2) is 39.4 Å². The van der Waals surface area contributed by atoms with Crippen molar-refractivity contribution in [3.8, 4) is 0 Å². The third-order valence-electron chi connectivity index (χ3n) is 6.07. The highest BCUT2D eigenvalue weighted by Gasteiger charge is 2.64. The van der Waals surface area contributed by atoms with Crippen LogP contribution in [0.3, 0.4) is 0 Å². The molecule has 3 aliphatic rings. The standard InChI is InChI=1S/C19H17N3O3/c1-9-13-11-8-12(15-14(11)18(24)21(2)19(15)25)16(13)22(20-9)17(23)10-6-4-3-5-7-10/h3-7,11-12,14-15H,8H2,1-2H3/t11-,12-,14+,15-/m1/s1. The number of carbonyl (C=O) groups is 3. The maximum absolute atomic E-state index is 12.9. The molecule has 5 rings (SSSR count). The monoisotopic (exact) mass is 335 g/mol. The minimum atomic E-state index is -0.339. The third kappa shape index (κ3) is 1.64. The first-order chi connectivity index (χ1) is 12.0. The van der Waals surface area contributed by atoms with E-state index < -0.39 is 0 Å². The first kappa shape index (κ1) is 14.6. The first-order valence-corrected chi connectivity index (χ1v) is 8.51. The second-order valence-corrected chi connectivity index (χ2v) is 7.20. The summed E-state index contributed by atoms with van der Waals surface area (Å²) in [4.78, 5) is 39.2. The molecule has 1 saturated carbocycles. The Morgan fingerprint density at radius 2 is 1.72 bits per heavy atom. The average Bonchev–Trinajstić information content (AvgIpc) is 3.33. The molecule has 0 spiro atoms. The molecule has 6 heteroatoms. The summed E-state index contributed by atoms with van der Waals surface area (Å²) in [6.07, 6.45) is 0.761. The zero-order valence-corrected chi connectivity index (χ0v) is 14.0. The van der Waals surface area contributed by atoms with E-state index in [1.165, 1.54) is 9.58 Å². The van der Waals surface area contributed by atoms with Crippen molar-refractivity contribution in [2.45, 2.75) is 25.2 Å². The Hall–Kier alpha value is -2.76. The van der Waals surface area contributed by atoms with Gasteiger partial charge in [-0.2, -0.15) is 9.78 Å². The van der Waals surface area contributed by atoms with Crippen LogP contribution in [0.25, 0.3) is 0 Å². The number of aryl methyl sites for hydroxylation is 1. The normalized spacial score (nSPS) is 29.3. The van der Waals surface area contributed by atoms with Crippen LogP contribution in [0.2, 0.25) is 0 Å². The van der Waals surface area contributed by atoms with Crippen LogP contribution in [0.5, 0.6) is 0 Å². The number of nitrogens with zero attached hydrogens (tertiary/aromatic N) is 3. The second-order valence-electron chi connectivity index (χ2n) is 7.20. The SMILES string of the molecule is Cc1nn(C(=O)c2ccccc2)c2c1[C@H]1C[C@@H]2[C@H]2C(=O)N(C)C(=O)[C@H]21. The number of imide groups is 1. The number of fused-ring (bicyclic) bond motifs is 8. The summed E-state index contributed by atoms with van der Waals surface area (Å²) in [7, 11) is 1.56. The summed E-state index contributed by atoms with van der Waals surface area (Å²) in [5, 5.41) is 4.48. The van der Waals surface area contributed by atoms with Crippen molar-refractivity contribution in [1.29, 1.82) is 0 Å². The minimum absolute atomic E-state index is 0.00345. The van der Waals surface area contributed by atoms with E-state index in [-0.39, 0.29) is 41.4 Å². The van der Waals surface area contributed by atoms with Crippen LogP contribution >= 0.6 is 0 Å². The van der Waals surface area contributed by atoms with E-state index in [4.69, 9.17) is 0 Å². The number of aromatic nitrogens is 2. The fourth-order valence-corrected chi connectivity index (χ4v) is 5.08. The van der Waals surface area contributed by atoms with Crippen LogP contribution in [-0.2, 0) is 9.59 Å². The van der Waals surface area contributed by atoms with Crippen molar-refractivity contribution in [3.05, 3.63) is 52.8 Å². The molecule has 2 bridgehead atoms. The van der Waals surface area contributed by atoms with Gasteiger partial charge in [0, 0.05) is 30.0 Å². The molecular formula is C19H17N3O3. The lowest BCUT2D eigenvalue weighted by atomic mass is 9.79. The van der Waals surface area contributed by atoms with Crippen LogP contribution in [0.1, 0.15) is 45.6 Å². The van der Waals surface area contributed by atoms with Gasteiger partial charge in [-0.25, -0.2) is 0 Å². The molecule has 1 aliphatic heterocycles. The third-order valence-corrected chi connectivity index (χ3v) is 6.07. The lowest BCUT2D eigenvalue weighted by Gasteiger charge is -2.22. The van der Waals surface area contributed by atoms with E-state index in [1.54, 1.807) is 19.2 Å². The van der Waals surface area contributed by atoms with Crippen molar-refractivity contribution in [2.75, 3.05) is 7.05 Å². The molecule has 1 aromatic carbocycles. The largest absolute Gasteiger partial charge is 0.285 e. The summed E-state index contributed by atoms with van der Waals surface area (Å²) in [6.45, 7) is 1.88. The lowest BCUT2D eigenvalue weighted by molar-refractivity contribution is -0.138. The number of hydrogen-bond acceptors (Lipinski definition) is 4. The molecule has 2 aliphatic carbocycles. The zero-order valence-electron chi connectivity index (χ0n) is 14.0. The second kappa shape index (κ2) is 4.65. The molecular weight excluding hydrogens is 318 g/mol. The van der Waals surface area contributed by atoms with Crippen LogP contribution in [0.15, 0.2) is 30.3 Å². The van der Waals surface area contributed by atoms with Gasteiger partial charge < -0.3 is 0 Å². The van der Waals surface area contributed by atoms with Crippen molar-refractivity contribution >= 4 is 17.7 Å². The van der Waals surface area contributed by atoms with Crippen LogP contribution in [0.4, 0.5) is 0 Å². The summed E-state index contributed by atoms with van der Waals surface area (Å²) in [5.74, 6) is -1.10. The van der Waals surface area contributed by atoms with E-state index in [1.807, 2.05) is 25.1 Å². The highest BCUT2D eigenvalue weighted by Crippen LogP contribution is 2.62. The van der Waals surface area contributed by atoms with Gasteiger partial charge in [0.2, 0.25) is 11.8 Å². The molecule has 2 fully saturated rings. The van der Waals surface area contributed by atoms with Crippen molar-refractivity contribution in [3.63, 3.8) is 0 Å². The van der Waals surface area contributed by atoms with Gasteiger partial charge in [0.05, 0.1) is 23.2 Å². The predicted octanol–water partition coefficient (Wildman–Crippen LogP) is 1.70. The lowest BCUT2D eigenvalue weighted by Crippen LogP contribution is -2.28. The predicted molar refractivity (Wildman–Crippen MR) is 88.0 cm³/mol. The zero-order chi connectivity index (χ0) is 17.5. The Balaban J connectivity index is 1.65. The highest BCUT2D eigenvalue weighted by molar-refractivity contribution is 6.07. The topological polar surface area (TPSA) is 72.3 Å². The van der Waals surface area contributed by atoms with Crippen molar-refractivity contribution < 1.29 is 14.4 Å². The van der Waals surface area contributed by atoms with E-state index in [0.717, 1.165) is 23.4 Å². The molecule has 2 amide bonds. The first-order valence-electron chi connectivity index (χ1n) is 8.51. The molecule has 6 nitrogen and oxygen atoms in total. The van der Waals surface area contributed by atoms with Gasteiger partial charge in [-0.3, -0.25) is 19.3 Å². The average molecular weight is 335 g/mol. The van der Waals surface area contributed by atoms with Gasteiger partial charge in [-0.15, -0.1) is 0 Å². The number of benzene rings is 1. The van der Waals surface area contributed by atoms with Gasteiger partial charge in [-0.1, -0.05) is 18.2 Å². The Kier molecular flexibility index (Phi) is 2.71. The smallest absolute Gasteiger partial charge is 0.278 e. The summed E-state index contributed by atoms with van der Waals surface area (Å²) < 4.78 is 1.47. The fourth-order valence-electron chi connectivity index (χ4n) is 5.08. The highest BCUT2D eigenvalue weighted by atomic mass is 16.2. The molecule has 25 heavy (non-hydrogen) atoms. The van der Waals surface area contributed by atoms with Crippen LogP contribution < -0.4 is 0 Å². The Morgan fingerprint density at radius 3 is 2.40 bits per heavy atom. The van der Waals surface area contributed by atoms with E-state index >= 15 is 0 Å². The van der Waals surface area contributed by atoms with Crippen molar-refractivity contribution in [2.24, 2.45) is 11.8 Å². The number of amides is 2. The van der Waals surface area contributed by atoms with E-state index in [9.17, 15) is 14.4 Å². The number of hydrogen-bond donors (Lipinski definition) is 0. The fraction of sp³-hybridized carbons (Fsp3) is 0.368. The molecule has 0 radical (unpaired) electrons. The summed E-state index contributed by atoms with van der Waals surface area (Å²) >= 11 is 0. The molecule has 1 saturated heterocycles. The molecule has 0 unspecified atom stereocenters. The Labute approximate surface area is 144 Å². The molecule has 2 heterocycles. The van der Waals surface area contributed by atoms with Gasteiger partial charge in [-0.05, 0) is 25.5 Å². The van der Waals surface area contributed by atoms with Gasteiger partial charge in [0.25, 0.3) is 5.91 Å². The number of rotatable bonds is 1. The van der Waals surface area contributed by atoms with E-state index in [0.29, 0.717) is 5.56 Å². The Bertz CT molecular complexity index is 946. The molecule has 0 N–H and O–H groups in total. The van der Waals surface area contributed by atoms with Crippen molar-refractivity contribution in [1.82, 2.24) is 14.7 Å². The van der Waals surface area contributed by atoms with Gasteiger partial charge >= 0.3 is 0 Å². The maximum Gasteiger partial charge on any atom is 0.278 e. The van der Waals surface area contributed by atoms with E-state index in [2.05, 4.69) is 5.10 Å². The molecule has 4 atom stereocenters. The maximum atomic E-state index is 12.9. The summed E-state index contributed by atoms with van der Waals surface area (Å²) in [5.41, 5.74) is 3.21. The number of carbonyl (C=O) groups excluding carboxylic acids is 3. The van der Waals surface area contributed by atoms with Crippen LogP contribution in [0, 0.1) is 18.8 Å². The molecule has 126 valence electrons. The minimum Gasteiger partial charge on any atom is -0.285 e. The summed E-state index contributed by atoms with van der Waals surface area (Å²) in [6, 6.07) is 9.03. The number of likely N-dealkylation sites (tertiary alicyclic amines) is 1. The molecule has 2 aromatic rings. The Morgan fingerprint density at radius 1 is 1.08 bits per heavy atom. The quantitative estimate of drug-likeness (QED) is 0.744.